The molecule has 7 nitrogen and oxygen atoms in total. The van der Waals surface area contributed by atoms with E-state index in [2.05, 4.69) is 10.2 Å². The first-order valence-corrected chi connectivity index (χ1v) is 12.0. The summed E-state index contributed by atoms with van der Waals surface area (Å²) in [5.41, 5.74) is 1.50. The zero-order chi connectivity index (χ0) is 21.6. The van der Waals surface area contributed by atoms with Crippen molar-refractivity contribution in [2.75, 3.05) is 49.4 Å². The van der Waals surface area contributed by atoms with Crippen molar-refractivity contribution < 1.29 is 22.7 Å². The molecule has 2 aromatic carbocycles. The van der Waals surface area contributed by atoms with Gasteiger partial charge >= 0.3 is 0 Å². The van der Waals surface area contributed by atoms with Crippen molar-refractivity contribution in [3.8, 4) is 5.75 Å². The molecular weight excluding hydrogens is 428 g/mol. The van der Waals surface area contributed by atoms with E-state index in [9.17, 15) is 13.2 Å². The second kappa shape index (κ2) is 10.1. The summed E-state index contributed by atoms with van der Waals surface area (Å²) in [6, 6.07) is 11.7. The number of carbonyl (C=O) groups is 1. The van der Waals surface area contributed by atoms with Crippen LogP contribution in [0.5, 0.6) is 5.75 Å². The Bertz CT molecular complexity index is 973. The van der Waals surface area contributed by atoms with Crippen molar-refractivity contribution in [2.24, 2.45) is 0 Å². The van der Waals surface area contributed by atoms with E-state index in [4.69, 9.17) is 21.1 Å². The Balaban J connectivity index is 1.50. The molecule has 0 aromatic heterocycles. The van der Waals surface area contributed by atoms with Crippen LogP contribution < -0.4 is 15.0 Å². The Hall–Kier alpha value is -2.29. The standard InChI is InChI=1S/C21H25ClN2O5S/c1-30(26,27)17-9-7-16(8-10-17)29-13-3-6-20(25)23-19-5-2-4-18(22)21(19)24-11-14-28-15-12-24/h2,4-5,7-10H,3,6,11-15H2,1H3,(H,23,25). The molecule has 0 bridgehead atoms. The van der Waals surface area contributed by atoms with Gasteiger partial charge in [-0.15, -0.1) is 0 Å². The molecule has 9 heteroatoms. The number of sulfone groups is 1. The minimum absolute atomic E-state index is 0.122. The van der Waals surface area contributed by atoms with E-state index in [1.165, 1.54) is 12.1 Å². The first-order chi connectivity index (χ1) is 14.3. The normalized spacial score (nSPS) is 14.4. The van der Waals surface area contributed by atoms with Gasteiger partial charge in [0.25, 0.3) is 0 Å². The van der Waals surface area contributed by atoms with Gasteiger partial charge in [-0.1, -0.05) is 17.7 Å². The van der Waals surface area contributed by atoms with Gasteiger partial charge in [-0.2, -0.15) is 0 Å². The highest BCUT2D eigenvalue weighted by molar-refractivity contribution is 7.90. The molecule has 0 spiro atoms. The summed E-state index contributed by atoms with van der Waals surface area (Å²) in [6.07, 6.45) is 1.97. The second-order valence-corrected chi connectivity index (χ2v) is 9.40. The third-order valence-corrected chi connectivity index (χ3v) is 6.09. The van der Waals surface area contributed by atoms with Crippen LogP contribution in [0.2, 0.25) is 5.02 Å². The number of benzene rings is 2. The van der Waals surface area contributed by atoms with Crippen molar-refractivity contribution in [3.63, 3.8) is 0 Å². The number of halogens is 1. The van der Waals surface area contributed by atoms with Gasteiger partial charge in [0.2, 0.25) is 5.91 Å². The highest BCUT2D eigenvalue weighted by atomic mass is 35.5. The Morgan fingerprint density at radius 3 is 2.53 bits per heavy atom. The number of anilines is 2. The summed E-state index contributed by atoms with van der Waals surface area (Å²) in [7, 11) is -3.23. The van der Waals surface area contributed by atoms with Crippen LogP contribution in [-0.2, 0) is 19.4 Å². The minimum Gasteiger partial charge on any atom is -0.494 e. The number of nitrogens with zero attached hydrogens (tertiary/aromatic N) is 1. The van der Waals surface area contributed by atoms with E-state index >= 15 is 0 Å². The van der Waals surface area contributed by atoms with Gasteiger partial charge in [0, 0.05) is 25.8 Å². The van der Waals surface area contributed by atoms with Gasteiger partial charge in [-0.25, -0.2) is 8.42 Å². The molecule has 1 heterocycles. The molecule has 1 fully saturated rings. The Kier molecular flexibility index (Phi) is 7.58. The fraction of sp³-hybridized carbons (Fsp3) is 0.381. The largest absolute Gasteiger partial charge is 0.494 e. The number of rotatable bonds is 8. The number of amides is 1. The quantitative estimate of drug-likeness (QED) is 0.618. The Morgan fingerprint density at radius 1 is 1.17 bits per heavy atom. The van der Waals surface area contributed by atoms with E-state index < -0.39 is 9.84 Å². The number of hydrogen-bond donors (Lipinski definition) is 1. The summed E-state index contributed by atoms with van der Waals surface area (Å²) < 4.78 is 33.9. The fourth-order valence-electron chi connectivity index (χ4n) is 3.14. The zero-order valence-corrected chi connectivity index (χ0v) is 18.3. The molecule has 0 atom stereocenters. The van der Waals surface area contributed by atoms with Crippen LogP contribution in [0.4, 0.5) is 11.4 Å². The monoisotopic (exact) mass is 452 g/mol. The van der Waals surface area contributed by atoms with E-state index in [1.807, 2.05) is 18.2 Å². The molecule has 0 unspecified atom stereocenters. The van der Waals surface area contributed by atoms with E-state index in [0.717, 1.165) is 25.0 Å². The van der Waals surface area contributed by atoms with Gasteiger partial charge in [0.15, 0.2) is 9.84 Å². The molecule has 162 valence electrons. The molecule has 1 aliphatic rings. The molecule has 3 rings (SSSR count). The fourth-order valence-corrected chi connectivity index (χ4v) is 4.07. The summed E-state index contributed by atoms with van der Waals surface area (Å²) >= 11 is 6.39. The van der Waals surface area contributed by atoms with Crippen molar-refractivity contribution >= 4 is 38.7 Å². The van der Waals surface area contributed by atoms with Gasteiger partial charge in [0.05, 0.1) is 41.1 Å². The van der Waals surface area contributed by atoms with Crippen molar-refractivity contribution in [1.82, 2.24) is 0 Å². The first kappa shape index (κ1) is 22.4. The molecular formula is C21H25ClN2O5S. The summed E-state index contributed by atoms with van der Waals surface area (Å²) in [4.78, 5) is 14.8. The maximum absolute atomic E-state index is 12.4. The lowest BCUT2D eigenvalue weighted by atomic mass is 10.2. The minimum atomic E-state index is -3.23. The highest BCUT2D eigenvalue weighted by Gasteiger charge is 2.19. The van der Waals surface area contributed by atoms with Crippen LogP contribution >= 0.6 is 11.6 Å². The highest BCUT2D eigenvalue weighted by Crippen LogP contribution is 2.34. The lowest BCUT2D eigenvalue weighted by Crippen LogP contribution is -2.37. The number of ether oxygens (including phenoxy) is 2. The molecule has 0 aliphatic carbocycles. The van der Waals surface area contributed by atoms with Crippen LogP contribution in [0.3, 0.4) is 0 Å². The predicted molar refractivity (Wildman–Crippen MR) is 117 cm³/mol. The molecule has 0 saturated carbocycles. The molecule has 1 N–H and O–H groups in total. The molecule has 30 heavy (non-hydrogen) atoms. The number of para-hydroxylation sites is 1. The van der Waals surface area contributed by atoms with Gasteiger partial charge < -0.3 is 19.7 Å². The molecule has 0 radical (unpaired) electrons. The summed E-state index contributed by atoms with van der Waals surface area (Å²) in [6.45, 7) is 3.04. The van der Waals surface area contributed by atoms with Crippen LogP contribution in [0.15, 0.2) is 47.4 Å². The summed E-state index contributed by atoms with van der Waals surface area (Å²) in [5, 5.41) is 3.54. The number of hydrogen-bond acceptors (Lipinski definition) is 6. The maximum atomic E-state index is 12.4. The molecule has 2 aromatic rings. The topological polar surface area (TPSA) is 84.9 Å². The average Bonchev–Trinajstić information content (AvgIpc) is 2.72. The van der Waals surface area contributed by atoms with E-state index in [1.54, 1.807) is 12.1 Å². The van der Waals surface area contributed by atoms with Gasteiger partial charge in [-0.05, 0) is 42.8 Å². The smallest absolute Gasteiger partial charge is 0.224 e. The van der Waals surface area contributed by atoms with Crippen LogP contribution in [0.1, 0.15) is 12.8 Å². The van der Waals surface area contributed by atoms with Gasteiger partial charge in [0.1, 0.15) is 5.75 Å². The Morgan fingerprint density at radius 2 is 1.87 bits per heavy atom. The first-order valence-electron chi connectivity index (χ1n) is 9.68. The third kappa shape index (κ3) is 6.10. The van der Waals surface area contributed by atoms with E-state index in [0.29, 0.717) is 42.7 Å². The van der Waals surface area contributed by atoms with Crippen molar-refractivity contribution in [1.29, 1.82) is 0 Å². The predicted octanol–water partition coefficient (Wildman–Crippen LogP) is 3.38. The third-order valence-electron chi connectivity index (χ3n) is 4.66. The van der Waals surface area contributed by atoms with Crippen molar-refractivity contribution in [3.05, 3.63) is 47.5 Å². The number of morpholine rings is 1. The van der Waals surface area contributed by atoms with Crippen LogP contribution in [0.25, 0.3) is 0 Å². The molecule has 1 aliphatic heterocycles. The zero-order valence-electron chi connectivity index (χ0n) is 16.8. The van der Waals surface area contributed by atoms with Crippen molar-refractivity contribution in [2.45, 2.75) is 17.7 Å². The SMILES string of the molecule is CS(=O)(=O)c1ccc(OCCCC(=O)Nc2cccc(Cl)c2N2CCOCC2)cc1. The summed E-state index contributed by atoms with van der Waals surface area (Å²) in [5.74, 6) is 0.440. The Labute approximate surface area is 181 Å². The number of nitrogens with one attached hydrogen (secondary N) is 1. The average molecular weight is 453 g/mol. The second-order valence-electron chi connectivity index (χ2n) is 6.98. The molecule has 1 amide bonds. The van der Waals surface area contributed by atoms with Crippen LogP contribution in [-0.4, -0.2) is 53.5 Å². The maximum Gasteiger partial charge on any atom is 0.224 e. The lowest BCUT2D eigenvalue weighted by molar-refractivity contribution is -0.116. The molecule has 1 saturated heterocycles. The lowest BCUT2D eigenvalue weighted by Gasteiger charge is -2.31. The number of carbonyl (C=O) groups excluding carboxylic acids is 1. The van der Waals surface area contributed by atoms with E-state index in [-0.39, 0.29) is 17.2 Å². The van der Waals surface area contributed by atoms with Crippen LogP contribution in [0, 0.1) is 0 Å². The van der Waals surface area contributed by atoms with Gasteiger partial charge in [-0.3, -0.25) is 4.79 Å².